The molecule has 0 saturated heterocycles. The maximum atomic E-state index is 12.4. The number of nitrogens with one attached hydrogen (secondary N) is 1. The number of rotatable bonds is 4. The van der Waals surface area contributed by atoms with Gasteiger partial charge in [0.1, 0.15) is 0 Å². The third-order valence-electron chi connectivity index (χ3n) is 3.53. The molecule has 4 aromatic rings. The smallest absolute Gasteiger partial charge is 0.288 e. The molecule has 0 bridgehead atoms. The number of para-hydroxylation sites is 1. The van der Waals surface area contributed by atoms with E-state index in [9.17, 15) is 4.79 Å². The van der Waals surface area contributed by atoms with Gasteiger partial charge in [-0.1, -0.05) is 24.3 Å². The lowest BCUT2D eigenvalue weighted by Gasteiger charge is -1.99. The maximum absolute atomic E-state index is 12.4. The van der Waals surface area contributed by atoms with E-state index in [1.54, 1.807) is 12.3 Å². The Balaban J connectivity index is 1.59. The van der Waals surface area contributed by atoms with Gasteiger partial charge >= 0.3 is 0 Å². The number of aryl methyl sites for hydroxylation is 1. The van der Waals surface area contributed by atoms with E-state index < -0.39 is 0 Å². The van der Waals surface area contributed by atoms with Gasteiger partial charge in [0, 0.05) is 23.4 Å². The fourth-order valence-electron chi connectivity index (χ4n) is 2.33. The topological polar surface area (TPSA) is 72.7 Å². The lowest BCUT2D eigenvalue weighted by atomic mass is 10.2. The summed E-state index contributed by atoms with van der Waals surface area (Å²) in [6.45, 7) is 1.85. The van der Waals surface area contributed by atoms with Gasteiger partial charge in [0.25, 0.3) is 5.91 Å². The van der Waals surface area contributed by atoms with Gasteiger partial charge in [-0.3, -0.25) is 4.79 Å². The molecule has 1 N–H and O–H groups in total. The molecule has 0 radical (unpaired) electrons. The van der Waals surface area contributed by atoms with Crippen LogP contribution in [0.2, 0.25) is 0 Å². The molecule has 25 heavy (non-hydrogen) atoms. The third kappa shape index (κ3) is 3.21. The first kappa shape index (κ1) is 15.7. The predicted octanol–water partition coefficient (Wildman–Crippen LogP) is 4.20. The van der Waals surface area contributed by atoms with E-state index in [-0.39, 0.29) is 5.91 Å². The quantitative estimate of drug-likeness (QED) is 0.585. The molecule has 3 aromatic heterocycles. The first-order chi connectivity index (χ1) is 12.2. The molecule has 8 heteroatoms. The third-order valence-corrected chi connectivity index (χ3v) is 5.02. The summed E-state index contributed by atoms with van der Waals surface area (Å²) in [7, 11) is 0. The zero-order chi connectivity index (χ0) is 17.2. The number of thiophene rings is 1. The normalized spacial score (nSPS) is 10.8. The van der Waals surface area contributed by atoms with Gasteiger partial charge in [0.15, 0.2) is 5.82 Å². The SMILES string of the molecule is Cc1nn(C(=O)c2cccs2)cc1-c1nsc(Nc2ccccc2)n1. The van der Waals surface area contributed by atoms with Crippen LogP contribution in [-0.2, 0) is 0 Å². The fraction of sp³-hybridized carbons (Fsp3) is 0.0588. The number of nitrogens with zero attached hydrogens (tertiary/aromatic N) is 4. The summed E-state index contributed by atoms with van der Waals surface area (Å²) < 4.78 is 5.73. The van der Waals surface area contributed by atoms with E-state index >= 15 is 0 Å². The van der Waals surface area contributed by atoms with Crippen molar-refractivity contribution in [2.45, 2.75) is 6.92 Å². The molecular formula is C17H13N5OS2. The van der Waals surface area contributed by atoms with E-state index in [0.717, 1.165) is 11.3 Å². The summed E-state index contributed by atoms with van der Waals surface area (Å²) in [4.78, 5) is 17.6. The average Bonchev–Trinajstić information content (AvgIpc) is 3.35. The molecular weight excluding hydrogens is 354 g/mol. The van der Waals surface area contributed by atoms with Crippen LogP contribution in [0.1, 0.15) is 15.4 Å². The molecule has 0 aliphatic carbocycles. The van der Waals surface area contributed by atoms with Crippen molar-refractivity contribution in [2.24, 2.45) is 0 Å². The summed E-state index contributed by atoms with van der Waals surface area (Å²) in [6, 6.07) is 13.4. The molecule has 0 amide bonds. The summed E-state index contributed by atoms with van der Waals surface area (Å²) in [5, 5.41) is 10.1. The van der Waals surface area contributed by atoms with Gasteiger partial charge in [0.05, 0.1) is 16.1 Å². The van der Waals surface area contributed by atoms with E-state index in [0.29, 0.717) is 21.5 Å². The Morgan fingerprint density at radius 3 is 2.76 bits per heavy atom. The van der Waals surface area contributed by atoms with Gasteiger partial charge < -0.3 is 5.32 Å². The Hall–Kier alpha value is -2.84. The van der Waals surface area contributed by atoms with Crippen LogP contribution in [-0.4, -0.2) is 25.0 Å². The highest BCUT2D eigenvalue weighted by Crippen LogP contribution is 2.26. The Morgan fingerprint density at radius 1 is 1.16 bits per heavy atom. The molecule has 0 spiro atoms. The molecule has 0 aliphatic heterocycles. The molecule has 124 valence electrons. The monoisotopic (exact) mass is 367 g/mol. The number of aromatic nitrogens is 4. The second-order valence-electron chi connectivity index (χ2n) is 5.27. The standard InChI is InChI=1S/C17H13N5OS2/c1-11-13(10-22(20-11)16(23)14-8-5-9-24-14)15-19-17(25-21-15)18-12-6-3-2-4-7-12/h2-10H,1H3,(H,18,19,21). The summed E-state index contributed by atoms with van der Waals surface area (Å²) >= 11 is 2.66. The number of benzene rings is 1. The second-order valence-corrected chi connectivity index (χ2v) is 6.97. The highest BCUT2D eigenvalue weighted by atomic mass is 32.1. The van der Waals surface area contributed by atoms with Crippen LogP contribution >= 0.6 is 22.9 Å². The number of carbonyl (C=O) groups is 1. The first-order valence-corrected chi connectivity index (χ1v) is 9.16. The zero-order valence-electron chi connectivity index (χ0n) is 13.2. The van der Waals surface area contributed by atoms with E-state index in [4.69, 9.17) is 0 Å². The van der Waals surface area contributed by atoms with Crippen LogP contribution in [0.3, 0.4) is 0 Å². The average molecular weight is 367 g/mol. The van der Waals surface area contributed by atoms with E-state index in [2.05, 4.69) is 19.8 Å². The van der Waals surface area contributed by atoms with Gasteiger partial charge in [-0.2, -0.15) is 14.5 Å². The Kier molecular flexibility index (Phi) is 4.12. The lowest BCUT2D eigenvalue weighted by Crippen LogP contribution is -2.10. The van der Waals surface area contributed by atoms with Gasteiger partial charge in [-0.05, 0) is 30.5 Å². The second kappa shape index (κ2) is 6.58. The van der Waals surface area contributed by atoms with Crippen LogP contribution in [0.5, 0.6) is 0 Å². The molecule has 0 aliphatic rings. The zero-order valence-corrected chi connectivity index (χ0v) is 14.8. The lowest BCUT2D eigenvalue weighted by molar-refractivity contribution is 0.0949. The minimum atomic E-state index is -0.151. The van der Waals surface area contributed by atoms with E-state index in [1.165, 1.54) is 27.6 Å². The molecule has 4 rings (SSSR count). The van der Waals surface area contributed by atoms with Gasteiger partial charge in [0.2, 0.25) is 5.13 Å². The molecule has 0 unspecified atom stereocenters. The van der Waals surface area contributed by atoms with Crippen LogP contribution in [0.25, 0.3) is 11.4 Å². The molecule has 3 heterocycles. The molecule has 0 atom stereocenters. The Labute approximate surface area is 152 Å². The Bertz CT molecular complexity index is 1010. The number of carbonyl (C=O) groups excluding carboxylic acids is 1. The summed E-state index contributed by atoms with van der Waals surface area (Å²) in [5.74, 6) is 0.411. The molecule has 1 aromatic carbocycles. The van der Waals surface area contributed by atoms with E-state index in [1.807, 2.05) is 48.7 Å². The van der Waals surface area contributed by atoms with Crippen molar-refractivity contribution in [3.05, 3.63) is 64.6 Å². The van der Waals surface area contributed by atoms with Gasteiger partial charge in [-0.15, -0.1) is 11.3 Å². The van der Waals surface area contributed by atoms with Crippen LogP contribution in [0.4, 0.5) is 10.8 Å². The molecule has 0 fully saturated rings. The van der Waals surface area contributed by atoms with Crippen molar-refractivity contribution in [1.29, 1.82) is 0 Å². The van der Waals surface area contributed by atoms with Crippen molar-refractivity contribution in [2.75, 3.05) is 5.32 Å². The minimum absolute atomic E-state index is 0.151. The Morgan fingerprint density at radius 2 is 2.00 bits per heavy atom. The van der Waals surface area contributed by atoms with Crippen molar-refractivity contribution < 1.29 is 4.79 Å². The number of anilines is 2. The number of hydrogen-bond donors (Lipinski definition) is 1. The van der Waals surface area contributed by atoms with Crippen molar-refractivity contribution >= 4 is 39.6 Å². The molecule has 6 nitrogen and oxygen atoms in total. The van der Waals surface area contributed by atoms with Crippen molar-refractivity contribution in [3.8, 4) is 11.4 Å². The molecule has 0 saturated carbocycles. The predicted molar refractivity (Wildman–Crippen MR) is 99.6 cm³/mol. The first-order valence-electron chi connectivity index (χ1n) is 7.51. The highest BCUT2D eigenvalue weighted by molar-refractivity contribution is 7.12. The van der Waals surface area contributed by atoms with Crippen molar-refractivity contribution in [1.82, 2.24) is 19.1 Å². The highest BCUT2D eigenvalue weighted by Gasteiger charge is 2.17. The maximum Gasteiger partial charge on any atom is 0.288 e. The summed E-state index contributed by atoms with van der Waals surface area (Å²) in [6.07, 6.45) is 1.69. The largest absolute Gasteiger partial charge is 0.330 e. The summed E-state index contributed by atoms with van der Waals surface area (Å²) in [5.41, 5.74) is 2.42. The van der Waals surface area contributed by atoms with Gasteiger partial charge in [-0.25, -0.2) is 4.68 Å². The van der Waals surface area contributed by atoms with Crippen LogP contribution in [0, 0.1) is 6.92 Å². The fourth-order valence-corrected chi connectivity index (χ4v) is 3.58. The van der Waals surface area contributed by atoms with Crippen LogP contribution < -0.4 is 5.32 Å². The van der Waals surface area contributed by atoms with Crippen molar-refractivity contribution in [3.63, 3.8) is 0 Å². The minimum Gasteiger partial charge on any atom is -0.330 e. The van der Waals surface area contributed by atoms with Crippen LogP contribution in [0.15, 0.2) is 54.0 Å². The number of hydrogen-bond acceptors (Lipinski definition) is 7.